The van der Waals surface area contributed by atoms with E-state index in [1.165, 1.54) is 0 Å². The summed E-state index contributed by atoms with van der Waals surface area (Å²) in [5.74, 6) is -1.06. The smallest absolute Gasteiger partial charge is 0.341 e. The van der Waals surface area contributed by atoms with Gasteiger partial charge in [0.05, 0.1) is 19.3 Å². The van der Waals surface area contributed by atoms with Crippen LogP contribution in [0.3, 0.4) is 0 Å². The lowest BCUT2D eigenvalue weighted by molar-refractivity contribution is -0.140. The van der Waals surface area contributed by atoms with Gasteiger partial charge < -0.3 is 19.7 Å². The summed E-state index contributed by atoms with van der Waals surface area (Å²) in [6.07, 6.45) is 1.82. The van der Waals surface area contributed by atoms with Crippen molar-refractivity contribution in [2.45, 2.75) is 13.1 Å². The average Bonchev–Trinajstić information content (AvgIpc) is 2.70. The normalized spacial score (nSPS) is 10.7. The Balaban J connectivity index is 1.60. The Bertz CT molecular complexity index is 976. The van der Waals surface area contributed by atoms with Crippen LogP contribution in [0.15, 0.2) is 54.7 Å². The molecule has 8 nitrogen and oxygen atoms in total. The highest BCUT2D eigenvalue weighted by molar-refractivity contribution is 6.29. The van der Waals surface area contributed by atoms with E-state index in [0.717, 1.165) is 11.1 Å². The first-order valence-corrected chi connectivity index (χ1v) is 9.07. The number of hydrogen-bond donors (Lipinski definition) is 2. The predicted octanol–water partition coefficient (Wildman–Crippen LogP) is 2.97. The first-order chi connectivity index (χ1) is 13.9. The highest BCUT2D eigenvalue weighted by Gasteiger charge is 2.11. The van der Waals surface area contributed by atoms with Crippen LogP contribution in [0.4, 0.5) is 0 Å². The van der Waals surface area contributed by atoms with Crippen molar-refractivity contribution in [2.24, 2.45) is 0 Å². The molecule has 0 aliphatic carbocycles. The van der Waals surface area contributed by atoms with E-state index in [0.29, 0.717) is 29.7 Å². The van der Waals surface area contributed by atoms with Crippen molar-refractivity contribution in [1.29, 1.82) is 0 Å². The van der Waals surface area contributed by atoms with Gasteiger partial charge in [-0.05, 0) is 35.4 Å². The zero-order valence-corrected chi connectivity index (χ0v) is 16.1. The van der Waals surface area contributed by atoms with E-state index in [4.69, 9.17) is 31.3 Å². The second-order valence-corrected chi connectivity index (χ2v) is 6.65. The van der Waals surface area contributed by atoms with Crippen LogP contribution in [0.1, 0.15) is 11.1 Å². The summed E-state index contributed by atoms with van der Waals surface area (Å²) in [4.78, 5) is 21.1. The molecule has 2 N–H and O–H groups in total. The maximum Gasteiger partial charge on any atom is 0.341 e. The fourth-order valence-electron chi connectivity index (χ4n) is 2.66. The molecule has 152 valence electrons. The third-order valence-corrected chi connectivity index (χ3v) is 4.35. The molecule has 0 unspecified atom stereocenters. The summed E-state index contributed by atoms with van der Waals surface area (Å²) in [6, 6.07) is 14.3. The van der Waals surface area contributed by atoms with Gasteiger partial charge in [-0.2, -0.15) is 0 Å². The number of carboxylic acid groups (broad SMARTS) is 2. The molecular weight excluding hydrogens is 400 g/mol. The maximum atomic E-state index is 10.5. The minimum atomic E-state index is -1.02. The monoisotopic (exact) mass is 418 g/mol. The van der Waals surface area contributed by atoms with Gasteiger partial charge in [-0.25, -0.2) is 9.59 Å². The zero-order chi connectivity index (χ0) is 20.8. The Morgan fingerprint density at radius 2 is 1.24 bits per heavy atom. The lowest BCUT2D eigenvalue weighted by atomic mass is 10.2. The molecule has 3 rings (SSSR count). The minimum absolute atomic E-state index is 0.377. The molecule has 1 aromatic heterocycles. The number of aliphatic carboxylic acids is 2. The molecule has 1 heterocycles. The molecule has 0 amide bonds. The Morgan fingerprint density at radius 1 is 0.793 bits per heavy atom. The molecular formula is C20H19ClN2O6. The quantitative estimate of drug-likeness (QED) is 0.524. The van der Waals surface area contributed by atoms with Crippen LogP contribution in [-0.4, -0.2) is 44.7 Å². The van der Waals surface area contributed by atoms with Crippen molar-refractivity contribution < 1.29 is 29.3 Å². The highest BCUT2D eigenvalue weighted by Crippen LogP contribution is 2.20. The van der Waals surface area contributed by atoms with Crippen molar-refractivity contribution in [3.8, 4) is 11.5 Å². The topological polar surface area (TPSA) is 103 Å². The molecule has 3 aromatic rings. The largest absolute Gasteiger partial charge is 0.482 e. The Morgan fingerprint density at radius 3 is 1.66 bits per heavy atom. The van der Waals surface area contributed by atoms with E-state index in [1.54, 1.807) is 24.3 Å². The lowest BCUT2D eigenvalue weighted by Crippen LogP contribution is -2.23. The molecule has 29 heavy (non-hydrogen) atoms. The minimum Gasteiger partial charge on any atom is -0.482 e. The number of ether oxygens (including phenoxy) is 2. The van der Waals surface area contributed by atoms with Crippen LogP contribution in [0.2, 0.25) is 5.15 Å². The number of carbonyl (C=O) groups is 2. The average molecular weight is 419 g/mol. The summed E-state index contributed by atoms with van der Waals surface area (Å²) >= 11 is 6.22. The van der Waals surface area contributed by atoms with E-state index in [9.17, 15) is 9.59 Å². The van der Waals surface area contributed by atoms with Gasteiger partial charge in [0.2, 0.25) is 0 Å². The summed E-state index contributed by atoms with van der Waals surface area (Å²) < 4.78 is 14.1. The first kappa shape index (κ1) is 20.3. The third kappa shape index (κ3) is 5.79. The molecule has 2 aromatic carbocycles. The van der Waals surface area contributed by atoms with Gasteiger partial charge in [0.25, 0.3) is 0 Å². The predicted molar refractivity (Wildman–Crippen MR) is 105 cm³/mol. The second kappa shape index (κ2) is 9.20. The SMILES string of the molecule is O=C(O)COc1ccc(Cn2cc(Cl)n2Cc2ccc(OCC(=O)O)cc2)cc1. The number of hydrogen-bond acceptors (Lipinski definition) is 4. The number of aromatic nitrogens is 2. The van der Waals surface area contributed by atoms with Gasteiger partial charge in [0.1, 0.15) is 16.7 Å². The molecule has 0 atom stereocenters. The lowest BCUT2D eigenvalue weighted by Gasteiger charge is -2.24. The van der Waals surface area contributed by atoms with E-state index in [-0.39, 0.29) is 13.2 Å². The van der Waals surface area contributed by atoms with Crippen LogP contribution >= 0.6 is 11.6 Å². The summed E-state index contributed by atoms with van der Waals surface area (Å²) in [6.45, 7) is 0.384. The molecule has 9 heteroatoms. The number of rotatable bonds is 10. The van der Waals surface area contributed by atoms with Gasteiger partial charge in [-0.1, -0.05) is 35.9 Å². The van der Waals surface area contributed by atoms with E-state index >= 15 is 0 Å². The second-order valence-electron chi connectivity index (χ2n) is 6.26. The van der Waals surface area contributed by atoms with E-state index in [1.807, 2.05) is 39.8 Å². The van der Waals surface area contributed by atoms with Crippen LogP contribution < -0.4 is 9.47 Å². The van der Waals surface area contributed by atoms with Crippen molar-refractivity contribution in [3.63, 3.8) is 0 Å². The zero-order valence-electron chi connectivity index (χ0n) is 15.3. The molecule has 0 saturated heterocycles. The van der Waals surface area contributed by atoms with Crippen LogP contribution in [0, 0.1) is 0 Å². The molecule has 0 bridgehead atoms. The van der Waals surface area contributed by atoms with Crippen LogP contribution in [-0.2, 0) is 22.7 Å². The first-order valence-electron chi connectivity index (χ1n) is 8.69. The molecule has 0 spiro atoms. The fraction of sp³-hybridized carbons (Fsp3) is 0.200. The van der Waals surface area contributed by atoms with Gasteiger partial charge in [-0.15, -0.1) is 0 Å². The number of halogens is 1. The van der Waals surface area contributed by atoms with E-state index in [2.05, 4.69) is 0 Å². The number of benzene rings is 2. The molecule has 0 aliphatic heterocycles. The van der Waals surface area contributed by atoms with Crippen molar-refractivity contribution in [1.82, 2.24) is 9.36 Å². The summed E-state index contributed by atoms with van der Waals surface area (Å²) in [7, 11) is 0. The molecule has 0 aliphatic rings. The van der Waals surface area contributed by atoms with Crippen LogP contribution in [0.5, 0.6) is 11.5 Å². The molecule has 0 fully saturated rings. The van der Waals surface area contributed by atoms with Gasteiger partial charge in [-0.3, -0.25) is 9.36 Å². The maximum absolute atomic E-state index is 10.5. The van der Waals surface area contributed by atoms with Gasteiger partial charge in [0, 0.05) is 0 Å². The van der Waals surface area contributed by atoms with Gasteiger partial charge in [0.15, 0.2) is 13.2 Å². The fourth-order valence-corrected chi connectivity index (χ4v) is 2.93. The van der Waals surface area contributed by atoms with E-state index < -0.39 is 11.9 Å². The van der Waals surface area contributed by atoms with Crippen molar-refractivity contribution >= 4 is 23.5 Å². The van der Waals surface area contributed by atoms with Gasteiger partial charge >= 0.3 is 11.9 Å². The third-order valence-electron chi connectivity index (χ3n) is 4.06. The Kier molecular flexibility index (Phi) is 6.46. The number of nitrogens with zero attached hydrogens (tertiary/aromatic N) is 2. The highest BCUT2D eigenvalue weighted by atomic mass is 35.5. The number of carboxylic acids is 2. The molecule has 0 saturated carbocycles. The Hall–Kier alpha value is -3.39. The van der Waals surface area contributed by atoms with Crippen molar-refractivity contribution in [3.05, 3.63) is 71.0 Å². The van der Waals surface area contributed by atoms with Crippen molar-refractivity contribution in [2.75, 3.05) is 13.2 Å². The standard InChI is InChI=1S/C20H19ClN2O6/c21-18-11-22(9-14-1-5-16(6-2-14)28-12-19(24)25)23(18)10-15-3-7-17(8-4-15)29-13-20(26)27/h1-8,11H,9-10,12-13H2,(H,24,25)(H,26,27). The summed E-state index contributed by atoms with van der Waals surface area (Å²) in [5.41, 5.74) is 2.00. The summed E-state index contributed by atoms with van der Waals surface area (Å²) in [5, 5.41) is 17.9. The Labute approximate surface area is 171 Å². The molecule has 0 radical (unpaired) electrons. The van der Waals surface area contributed by atoms with Crippen LogP contribution in [0.25, 0.3) is 0 Å².